The fraction of sp³-hybridized carbons (Fsp3) is 0.545. The number of amides is 1. The van der Waals surface area contributed by atoms with Gasteiger partial charge < -0.3 is 10.8 Å². The highest BCUT2D eigenvalue weighted by atomic mass is 79.9. The molecule has 0 fully saturated rings. The molecule has 86 valence electrons. The third kappa shape index (κ3) is 2.49. The van der Waals surface area contributed by atoms with Crippen molar-refractivity contribution in [3.05, 3.63) is 24.3 Å². The van der Waals surface area contributed by atoms with Crippen LogP contribution in [0.3, 0.4) is 0 Å². The molecular weight excluding hydrogens is 258 g/mol. The summed E-state index contributed by atoms with van der Waals surface area (Å²) < 4.78 is 0. The van der Waals surface area contributed by atoms with Crippen molar-refractivity contribution in [1.29, 1.82) is 0 Å². The van der Waals surface area contributed by atoms with Gasteiger partial charge in [-0.3, -0.25) is 4.79 Å². The fourth-order valence-corrected chi connectivity index (χ4v) is 1.66. The second-order valence-electron chi connectivity index (χ2n) is 4.70. The maximum absolute atomic E-state index is 11.2. The molecule has 3 nitrogen and oxygen atoms in total. The van der Waals surface area contributed by atoms with Gasteiger partial charge in [-0.2, -0.15) is 0 Å². The van der Waals surface area contributed by atoms with Crippen LogP contribution in [-0.2, 0) is 4.79 Å². The fourth-order valence-electron chi connectivity index (χ4n) is 1.66. The number of carbonyl (C=O) groups excluding carboxylic acids is 1. The van der Waals surface area contributed by atoms with Gasteiger partial charge in [0.15, 0.2) is 0 Å². The normalized spacial score (nSPS) is 29.7. The van der Waals surface area contributed by atoms with E-state index in [1.165, 1.54) is 0 Å². The zero-order valence-corrected chi connectivity index (χ0v) is 10.9. The topological polar surface area (TPSA) is 63.3 Å². The number of hydrogen-bond acceptors (Lipinski definition) is 2. The van der Waals surface area contributed by atoms with Crippen molar-refractivity contribution in [3.63, 3.8) is 0 Å². The minimum absolute atomic E-state index is 0. The van der Waals surface area contributed by atoms with Crippen LogP contribution in [0.15, 0.2) is 24.3 Å². The third-order valence-electron chi connectivity index (χ3n) is 2.75. The van der Waals surface area contributed by atoms with E-state index >= 15 is 0 Å². The van der Waals surface area contributed by atoms with E-state index in [0.717, 1.165) is 0 Å². The Kier molecular flexibility index (Phi) is 4.31. The maximum atomic E-state index is 11.2. The molecule has 15 heavy (non-hydrogen) atoms. The van der Waals surface area contributed by atoms with E-state index in [2.05, 4.69) is 0 Å². The Morgan fingerprint density at radius 1 is 1.40 bits per heavy atom. The number of nitrogens with two attached hydrogens (primary N) is 1. The predicted octanol–water partition coefficient (Wildman–Crippen LogP) is 1.57. The number of aliphatic hydroxyl groups is 1. The van der Waals surface area contributed by atoms with Crippen LogP contribution in [0.25, 0.3) is 0 Å². The zero-order valence-electron chi connectivity index (χ0n) is 9.23. The summed E-state index contributed by atoms with van der Waals surface area (Å²) in [5.41, 5.74) is 3.65. The molecule has 1 aliphatic rings. The van der Waals surface area contributed by atoms with Crippen LogP contribution >= 0.6 is 17.0 Å². The van der Waals surface area contributed by atoms with Gasteiger partial charge in [0.1, 0.15) is 5.60 Å². The van der Waals surface area contributed by atoms with Crippen LogP contribution in [0.1, 0.15) is 20.8 Å². The predicted molar refractivity (Wildman–Crippen MR) is 65.7 cm³/mol. The molecule has 3 N–H and O–H groups in total. The Bertz CT molecular complexity index is 304. The summed E-state index contributed by atoms with van der Waals surface area (Å²) in [5, 5.41) is 10.4. The Hall–Kier alpha value is -0.610. The van der Waals surface area contributed by atoms with E-state index in [4.69, 9.17) is 5.73 Å². The van der Waals surface area contributed by atoms with Gasteiger partial charge in [0, 0.05) is 0 Å². The molecule has 4 heteroatoms. The highest BCUT2D eigenvalue weighted by molar-refractivity contribution is 8.93. The minimum Gasteiger partial charge on any atom is -0.384 e. The van der Waals surface area contributed by atoms with Gasteiger partial charge in [0.05, 0.1) is 5.92 Å². The summed E-state index contributed by atoms with van der Waals surface area (Å²) in [4.78, 5) is 11.2. The molecule has 0 aliphatic heterocycles. The first-order valence-corrected chi connectivity index (χ1v) is 4.67. The van der Waals surface area contributed by atoms with E-state index in [0.29, 0.717) is 0 Å². The van der Waals surface area contributed by atoms with E-state index < -0.39 is 22.8 Å². The number of rotatable bonds is 1. The average Bonchev–Trinajstić information content (AvgIpc) is 2.02. The van der Waals surface area contributed by atoms with Crippen molar-refractivity contribution in [2.45, 2.75) is 26.4 Å². The van der Waals surface area contributed by atoms with Crippen LogP contribution in [0.2, 0.25) is 0 Å². The summed E-state index contributed by atoms with van der Waals surface area (Å²) in [6.07, 6.45) is 6.76. The summed E-state index contributed by atoms with van der Waals surface area (Å²) in [5.74, 6) is -1.14. The van der Waals surface area contributed by atoms with Gasteiger partial charge in [0.2, 0.25) is 5.91 Å². The largest absolute Gasteiger partial charge is 0.384 e. The quantitative estimate of drug-likeness (QED) is 0.763. The van der Waals surface area contributed by atoms with Crippen molar-refractivity contribution < 1.29 is 9.90 Å². The van der Waals surface area contributed by atoms with Crippen molar-refractivity contribution in [2.75, 3.05) is 0 Å². The molecule has 0 aromatic carbocycles. The Morgan fingerprint density at radius 3 is 2.27 bits per heavy atom. The lowest BCUT2D eigenvalue weighted by Crippen LogP contribution is -2.52. The smallest absolute Gasteiger partial charge is 0.227 e. The highest BCUT2D eigenvalue weighted by Gasteiger charge is 2.46. The summed E-state index contributed by atoms with van der Waals surface area (Å²) >= 11 is 0. The maximum Gasteiger partial charge on any atom is 0.227 e. The second kappa shape index (κ2) is 4.49. The Balaban J connectivity index is 0.00000196. The molecule has 0 saturated heterocycles. The molecule has 0 saturated carbocycles. The summed E-state index contributed by atoms with van der Waals surface area (Å²) in [6.45, 7) is 5.64. The Labute approximate surface area is 101 Å². The molecular formula is C11H18BrNO2. The minimum atomic E-state index is -1.19. The highest BCUT2D eigenvalue weighted by Crippen LogP contribution is 2.40. The molecule has 1 amide bonds. The lowest BCUT2D eigenvalue weighted by molar-refractivity contribution is -0.132. The zero-order chi connectivity index (χ0) is 11.0. The van der Waals surface area contributed by atoms with Gasteiger partial charge in [-0.15, -0.1) is 17.0 Å². The number of hydrogen-bond donors (Lipinski definition) is 2. The van der Waals surface area contributed by atoms with Crippen molar-refractivity contribution in [2.24, 2.45) is 17.1 Å². The Morgan fingerprint density at radius 2 is 1.93 bits per heavy atom. The molecule has 1 rings (SSSR count). The first-order valence-electron chi connectivity index (χ1n) is 4.67. The van der Waals surface area contributed by atoms with Gasteiger partial charge in [-0.25, -0.2) is 0 Å². The number of primary amides is 1. The first-order chi connectivity index (χ1) is 6.29. The standard InChI is InChI=1S/C11H17NO2.BrH/c1-10(2,3)11(14)7-5-4-6-8(11)9(12)13;/h4-8,14H,1-3H3,(H2,12,13);1H. The van der Waals surface area contributed by atoms with Crippen molar-refractivity contribution in [3.8, 4) is 0 Å². The van der Waals surface area contributed by atoms with Gasteiger partial charge in [0.25, 0.3) is 0 Å². The molecule has 0 radical (unpaired) electrons. The molecule has 1 aliphatic carbocycles. The van der Waals surface area contributed by atoms with E-state index in [-0.39, 0.29) is 17.0 Å². The second-order valence-corrected chi connectivity index (χ2v) is 4.70. The van der Waals surface area contributed by atoms with Gasteiger partial charge in [-0.05, 0) is 5.41 Å². The van der Waals surface area contributed by atoms with Crippen LogP contribution < -0.4 is 5.73 Å². The lowest BCUT2D eigenvalue weighted by atomic mass is 9.67. The van der Waals surface area contributed by atoms with E-state index in [1.54, 1.807) is 24.3 Å². The third-order valence-corrected chi connectivity index (χ3v) is 2.75. The SMILES string of the molecule is Br.CC(C)(C)C1(O)C=CC=CC1C(N)=O. The molecule has 0 aromatic rings. The van der Waals surface area contributed by atoms with Crippen molar-refractivity contribution >= 4 is 22.9 Å². The average molecular weight is 276 g/mol. The lowest BCUT2D eigenvalue weighted by Gasteiger charge is -2.42. The summed E-state index contributed by atoms with van der Waals surface area (Å²) in [7, 11) is 0. The number of halogens is 1. The van der Waals surface area contributed by atoms with Crippen molar-refractivity contribution in [1.82, 2.24) is 0 Å². The molecule has 0 spiro atoms. The monoisotopic (exact) mass is 275 g/mol. The number of allylic oxidation sites excluding steroid dienone is 2. The van der Waals surface area contributed by atoms with Crippen LogP contribution in [0, 0.1) is 11.3 Å². The molecule has 2 unspecified atom stereocenters. The van der Waals surface area contributed by atoms with Crippen LogP contribution in [0.4, 0.5) is 0 Å². The van der Waals surface area contributed by atoms with Crippen LogP contribution in [0.5, 0.6) is 0 Å². The van der Waals surface area contributed by atoms with E-state index in [9.17, 15) is 9.90 Å². The van der Waals surface area contributed by atoms with E-state index in [1.807, 2.05) is 20.8 Å². The molecule has 0 heterocycles. The number of carbonyl (C=O) groups is 1. The molecule has 2 atom stereocenters. The van der Waals surface area contributed by atoms with Gasteiger partial charge >= 0.3 is 0 Å². The van der Waals surface area contributed by atoms with Crippen LogP contribution in [-0.4, -0.2) is 16.6 Å². The molecule has 0 aromatic heterocycles. The van der Waals surface area contributed by atoms with Gasteiger partial charge in [-0.1, -0.05) is 45.1 Å². The molecule has 0 bridgehead atoms. The summed E-state index contributed by atoms with van der Waals surface area (Å²) in [6, 6.07) is 0. The first kappa shape index (κ1) is 14.4.